The molecule has 1 N–H and O–H groups in total. The summed E-state index contributed by atoms with van der Waals surface area (Å²) in [5.74, 6) is 0.672. The summed E-state index contributed by atoms with van der Waals surface area (Å²) >= 11 is 6.36. The third-order valence-corrected chi connectivity index (χ3v) is 9.15. The van der Waals surface area contributed by atoms with Crippen LogP contribution in [0, 0.1) is 26.7 Å². The molecular formula is C36H42ClN3O4. The summed E-state index contributed by atoms with van der Waals surface area (Å²) in [6.45, 7) is 13.3. The third kappa shape index (κ3) is 5.97. The second kappa shape index (κ2) is 11.8. The highest BCUT2D eigenvalue weighted by atomic mass is 35.5. The van der Waals surface area contributed by atoms with Gasteiger partial charge in [0.1, 0.15) is 18.4 Å². The minimum atomic E-state index is -1.32. The standard InChI is InChI=1S/C36H42ClN3O4/c1-21-23(3)39(19-25-12-13-25)33-29(21)31(26-14-16-27(37)17-15-26)30(22(2)38-33)32(44-36(4,5)6)34(41)40-28(20-43-35(40)42)18-24-10-8-7-9-11-24/h7-11,14-17,25,28,32,34,41H,12-13,18-20H2,1-6H3/t28-,32+,34?/m1/s1. The van der Waals surface area contributed by atoms with Gasteiger partial charge in [0, 0.05) is 39.5 Å². The lowest BCUT2D eigenvalue weighted by Crippen LogP contribution is -2.48. The number of halogens is 1. The molecule has 1 aliphatic heterocycles. The zero-order valence-corrected chi connectivity index (χ0v) is 27.2. The molecule has 4 aromatic rings. The number of benzene rings is 2. The molecule has 1 amide bonds. The maximum Gasteiger partial charge on any atom is 0.412 e. The zero-order chi connectivity index (χ0) is 31.3. The summed E-state index contributed by atoms with van der Waals surface area (Å²) in [6, 6.07) is 17.4. The number of pyridine rings is 1. The van der Waals surface area contributed by atoms with Gasteiger partial charge in [-0.25, -0.2) is 9.78 Å². The number of cyclic esters (lactones) is 1. The van der Waals surface area contributed by atoms with Crippen molar-refractivity contribution < 1.29 is 19.4 Å². The fraction of sp³-hybridized carbons (Fsp3) is 0.444. The van der Waals surface area contributed by atoms with Gasteiger partial charge in [0.25, 0.3) is 0 Å². The Morgan fingerprint density at radius 3 is 2.39 bits per heavy atom. The first kappa shape index (κ1) is 30.6. The van der Waals surface area contributed by atoms with Crippen LogP contribution in [-0.2, 0) is 22.4 Å². The first-order valence-corrected chi connectivity index (χ1v) is 15.9. The normalized spacial score (nSPS) is 18.6. The number of carbonyl (C=O) groups excluding carboxylic acids is 1. The molecule has 2 aliphatic rings. The van der Waals surface area contributed by atoms with Crippen LogP contribution in [0.15, 0.2) is 54.6 Å². The van der Waals surface area contributed by atoms with Crippen molar-refractivity contribution in [3.05, 3.63) is 87.7 Å². The quantitative estimate of drug-likeness (QED) is 0.207. The van der Waals surface area contributed by atoms with Gasteiger partial charge < -0.3 is 19.1 Å². The fourth-order valence-corrected chi connectivity index (χ4v) is 6.60. The van der Waals surface area contributed by atoms with Gasteiger partial charge in [-0.2, -0.15) is 0 Å². The Morgan fingerprint density at radius 1 is 1.07 bits per heavy atom. The molecule has 7 nitrogen and oxygen atoms in total. The molecule has 6 rings (SSSR count). The van der Waals surface area contributed by atoms with E-state index in [4.69, 9.17) is 26.1 Å². The predicted molar refractivity (Wildman–Crippen MR) is 174 cm³/mol. The van der Waals surface area contributed by atoms with Crippen LogP contribution in [-0.4, -0.2) is 50.1 Å². The number of amides is 1. The van der Waals surface area contributed by atoms with Gasteiger partial charge in [-0.3, -0.25) is 4.90 Å². The first-order chi connectivity index (χ1) is 20.9. The lowest BCUT2D eigenvalue weighted by atomic mass is 9.90. The second-order valence-electron chi connectivity index (χ2n) is 13.3. The highest BCUT2D eigenvalue weighted by molar-refractivity contribution is 6.30. The van der Waals surface area contributed by atoms with Crippen molar-refractivity contribution in [1.29, 1.82) is 0 Å². The molecule has 1 unspecified atom stereocenters. The maximum absolute atomic E-state index is 13.3. The van der Waals surface area contributed by atoms with Gasteiger partial charge in [-0.1, -0.05) is 54.1 Å². The van der Waals surface area contributed by atoms with E-state index in [0.29, 0.717) is 17.4 Å². The summed E-state index contributed by atoms with van der Waals surface area (Å²) in [6.07, 6.45) is 0.244. The van der Waals surface area contributed by atoms with Crippen LogP contribution in [0.2, 0.25) is 5.02 Å². The monoisotopic (exact) mass is 615 g/mol. The molecule has 1 aliphatic carbocycles. The van der Waals surface area contributed by atoms with Gasteiger partial charge in [-0.15, -0.1) is 0 Å². The van der Waals surface area contributed by atoms with Crippen molar-refractivity contribution in [2.75, 3.05) is 6.61 Å². The van der Waals surface area contributed by atoms with Crippen molar-refractivity contribution in [1.82, 2.24) is 14.5 Å². The largest absolute Gasteiger partial charge is 0.447 e. The summed E-state index contributed by atoms with van der Waals surface area (Å²) in [4.78, 5) is 19.9. The Bertz CT molecular complexity index is 1670. The van der Waals surface area contributed by atoms with Crippen LogP contribution in [0.5, 0.6) is 0 Å². The number of rotatable bonds is 9. The van der Waals surface area contributed by atoms with Gasteiger partial charge in [0.15, 0.2) is 6.23 Å². The zero-order valence-electron chi connectivity index (χ0n) is 26.4. The number of aliphatic hydroxyl groups is 1. The Balaban J connectivity index is 1.55. The lowest BCUT2D eigenvalue weighted by Gasteiger charge is -2.37. The fourth-order valence-electron chi connectivity index (χ4n) is 6.48. The van der Waals surface area contributed by atoms with E-state index in [9.17, 15) is 9.90 Å². The van der Waals surface area contributed by atoms with Crippen molar-refractivity contribution >= 4 is 28.7 Å². The maximum atomic E-state index is 13.3. The highest BCUT2D eigenvalue weighted by Gasteiger charge is 2.44. The first-order valence-electron chi connectivity index (χ1n) is 15.5. The predicted octanol–water partition coefficient (Wildman–Crippen LogP) is 7.93. The van der Waals surface area contributed by atoms with Crippen LogP contribution in [0.3, 0.4) is 0 Å². The second-order valence-corrected chi connectivity index (χ2v) is 13.8. The van der Waals surface area contributed by atoms with E-state index in [1.807, 2.05) is 82.3 Å². The topological polar surface area (TPSA) is 76.8 Å². The number of aryl methyl sites for hydroxylation is 2. The van der Waals surface area contributed by atoms with Crippen molar-refractivity contribution in [3.8, 4) is 11.1 Å². The molecule has 0 radical (unpaired) electrons. The van der Waals surface area contributed by atoms with Gasteiger partial charge in [-0.05, 0) is 95.5 Å². The minimum absolute atomic E-state index is 0.190. The minimum Gasteiger partial charge on any atom is -0.447 e. The van der Waals surface area contributed by atoms with Gasteiger partial charge >= 0.3 is 6.09 Å². The molecule has 1 saturated carbocycles. The molecule has 44 heavy (non-hydrogen) atoms. The lowest BCUT2D eigenvalue weighted by molar-refractivity contribution is -0.152. The Labute approximate surface area is 264 Å². The van der Waals surface area contributed by atoms with E-state index in [-0.39, 0.29) is 12.6 Å². The summed E-state index contributed by atoms with van der Waals surface area (Å²) in [7, 11) is 0. The van der Waals surface area contributed by atoms with Crippen molar-refractivity contribution in [2.45, 2.75) is 91.3 Å². The molecule has 2 aromatic carbocycles. The average molecular weight is 616 g/mol. The van der Waals surface area contributed by atoms with Crippen LogP contribution >= 0.6 is 11.6 Å². The molecular weight excluding hydrogens is 574 g/mol. The van der Waals surface area contributed by atoms with Gasteiger partial charge in [0.2, 0.25) is 0 Å². The summed E-state index contributed by atoms with van der Waals surface area (Å²) in [5.41, 5.74) is 7.08. The third-order valence-electron chi connectivity index (χ3n) is 8.89. The van der Waals surface area contributed by atoms with Crippen LogP contribution < -0.4 is 0 Å². The molecule has 2 aromatic heterocycles. The molecule has 8 heteroatoms. The molecule has 0 bridgehead atoms. The number of ether oxygens (including phenoxy) is 2. The van der Waals surface area contributed by atoms with E-state index in [1.165, 1.54) is 23.4 Å². The Kier molecular flexibility index (Phi) is 8.24. The van der Waals surface area contributed by atoms with Gasteiger partial charge in [0.05, 0.1) is 11.6 Å². The number of carbonyl (C=O) groups is 1. The molecule has 3 atom stereocenters. The van der Waals surface area contributed by atoms with E-state index in [0.717, 1.165) is 51.1 Å². The number of aromatic nitrogens is 2. The SMILES string of the molecule is Cc1nc2c(c(C)c(C)n2CC2CC2)c(-c2ccc(Cl)cc2)c1[C@H](OC(C)(C)C)C(O)N1C(=O)OC[C@H]1Cc1ccccc1. The highest BCUT2D eigenvalue weighted by Crippen LogP contribution is 2.45. The molecule has 1 saturated heterocycles. The number of nitrogens with zero attached hydrogens (tertiary/aromatic N) is 3. The van der Waals surface area contributed by atoms with Crippen LogP contribution in [0.25, 0.3) is 22.2 Å². The Morgan fingerprint density at radius 2 is 1.75 bits per heavy atom. The van der Waals surface area contributed by atoms with E-state index < -0.39 is 24.0 Å². The number of aliphatic hydroxyl groups excluding tert-OH is 1. The number of fused-ring (bicyclic) bond motifs is 1. The smallest absolute Gasteiger partial charge is 0.412 e. The molecule has 232 valence electrons. The number of hydrogen-bond acceptors (Lipinski definition) is 5. The molecule has 3 heterocycles. The summed E-state index contributed by atoms with van der Waals surface area (Å²) < 4.78 is 14.6. The van der Waals surface area contributed by atoms with E-state index in [2.05, 4.69) is 18.4 Å². The number of hydrogen-bond donors (Lipinski definition) is 1. The van der Waals surface area contributed by atoms with Crippen molar-refractivity contribution in [3.63, 3.8) is 0 Å². The Hall–Kier alpha value is -3.39. The van der Waals surface area contributed by atoms with Crippen LogP contribution in [0.4, 0.5) is 4.79 Å². The molecule has 2 fully saturated rings. The summed E-state index contributed by atoms with van der Waals surface area (Å²) in [5, 5.41) is 13.9. The van der Waals surface area contributed by atoms with Crippen LogP contribution in [0.1, 0.15) is 67.8 Å². The molecule has 0 spiro atoms. The van der Waals surface area contributed by atoms with Crippen molar-refractivity contribution in [2.24, 2.45) is 5.92 Å². The van der Waals surface area contributed by atoms with E-state index in [1.54, 1.807) is 0 Å². The average Bonchev–Trinajstić information content (AvgIpc) is 3.69. The van der Waals surface area contributed by atoms with E-state index >= 15 is 0 Å².